The molecule has 0 spiro atoms. The predicted octanol–water partition coefficient (Wildman–Crippen LogP) is 2.68. The lowest BCUT2D eigenvalue weighted by Crippen LogP contribution is -2.02. The van der Waals surface area contributed by atoms with Crippen molar-refractivity contribution >= 4 is 5.78 Å². The van der Waals surface area contributed by atoms with E-state index in [4.69, 9.17) is 0 Å². The molecular formula is C12H14O. The van der Waals surface area contributed by atoms with Crippen molar-refractivity contribution in [1.82, 2.24) is 0 Å². The summed E-state index contributed by atoms with van der Waals surface area (Å²) >= 11 is 0. The second kappa shape index (κ2) is 2.69. The van der Waals surface area contributed by atoms with Gasteiger partial charge in [-0.25, -0.2) is 0 Å². The molecule has 1 aromatic carbocycles. The van der Waals surface area contributed by atoms with Gasteiger partial charge in [0.25, 0.3) is 0 Å². The summed E-state index contributed by atoms with van der Waals surface area (Å²) < 4.78 is 0. The second-order valence-electron chi connectivity index (χ2n) is 4.00. The summed E-state index contributed by atoms with van der Waals surface area (Å²) in [6, 6.07) is 4.02. The van der Waals surface area contributed by atoms with Crippen molar-refractivity contribution in [3.63, 3.8) is 0 Å². The van der Waals surface area contributed by atoms with Gasteiger partial charge in [0.05, 0.1) is 0 Å². The van der Waals surface area contributed by atoms with Gasteiger partial charge >= 0.3 is 0 Å². The molecule has 0 aromatic heterocycles. The first kappa shape index (κ1) is 8.49. The highest BCUT2D eigenvalue weighted by Crippen LogP contribution is 2.30. The molecule has 0 saturated carbocycles. The third kappa shape index (κ3) is 1.11. The van der Waals surface area contributed by atoms with Gasteiger partial charge in [-0.05, 0) is 37.0 Å². The Kier molecular flexibility index (Phi) is 1.76. The summed E-state index contributed by atoms with van der Waals surface area (Å²) in [5.74, 6) is 0.508. The van der Waals surface area contributed by atoms with E-state index in [1.165, 1.54) is 16.7 Å². The fraction of sp³-hybridized carbons (Fsp3) is 0.417. The highest BCUT2D eigenvalue weighted by atomic mass is 16.1. The number of hydrogen-bond acceptors (Lipinski definition) is 1. The maximum Gasteiger partial charge on any atom is 0.166 e. The van der Waals surface area contributed by atoms with Crippen LogP contribution in [0.4, 0.5) is 0 Å². The molecule has 13 heavy (non-hydrogen) atoms. The van der Waals surface area contributed by atoms with Crippen LogP contribution in [0.1, 0.15) is 34.0 Å². The number of fused-ring (bicyclic) bond motifs is 1. The molecule has 0 N–H and O–H groups in total. The fourth-order valence-corrected chi connectivity index (χ4v) is 2.03. The molecule has 68 valence electrons. The van der Waals surface area contributed by atoms with Gasteiger partial charge in [-0.1, -0.05) is 19.1 Å². The number of aryl methyl sites for hydroxylation is 1. The Morgan fingerprint density at radius 2 is 2.00 bits per heavy atom. The average molecular weight is 174 g/mol. The van der Waals surface area contributed by atoms with Crippen LogP contribution in [-0.4, -0.2) is 5.78 Å². The number of Topliss-reactive ketones (excluding diaryl/α,β-unsaturated/α-hetero) is 1. The second-order valence-corrected chi connectivity index (χ2v) is 4.00. The molecule has 0 amide bonds. The van der Waals surface area contributed by atoms with Crippen molar-refractivity contribution in [3.8, 4) is 0 Å². The van der Waals surface area contributed by atoms with E-state index in [9.17, 15) is 4.79 Å². The lowest BCUT2D eigenvalue weighted by Gasteiger charge is -2.05. The third-order valence-electron chi connectivity index (χ3n) is 3.09. The van der Waals surface area contributed by atoms with Crippen molar-refractivity contribution in [2.45, 2.75) is 27.2 Å². The van der Waals surface area contributed by atoms with Crippen LogP contribution >= 0.6 is 0 Å². The Morgan fingerprint density at radius 3 is 2.69 bits per heavy atom. The van der Waals surface area contributed by atoms with Crippen molar-refractivity contribution < 1.29 is 4.79 Å². The minimum atomic E-state index is 0.190. The monoisotopic (exact) mass is 174 g/mol. The van der Waals surface area contributed by atoms with Crippen LogP contribution in [0, 0.1) is 19.8 Å². The summed E-state index contributed by atoms with van der Waals surface area (Å²) in [5.41, 5.74) is 4.82. The molecule has 2 rings (SSSR count). The largest absolute Gasteiger partial charge is 0.294 e. The number of benzene rings is 1. The van der Waals surface area contributed by atoms with Crippen molar-refractivity contribution in [1.29, 1.82) is 0 Å². The van der Waals surface area contributed by atoms with Crippen molar-refractivity contribution in [2.75, 3.05) is 0 Å². The smallest absolute Gasteiger partial charge is 0.166 e. The van der Waals surface area contributed by atoms with Gasteiger partial charge in [0.15, 0.2) is 5.78 Å². The molecule has 0 heterocycles. The highest BCUT2D eigenvalue weighted by Gasteiger charge is 2.28. The maximum atomic E-state index is 11.7. The zero-order chi connectivity index (χ0) is 9.59. The molecule has 1 atom stereocenters. The minimum absolute atomic E-state index is 0.190. The van der Waals surface area contributed by atoms with E-state index in [1.54, 1.807) is 0 Å². The fourth-order valence-electron chi connectivity index (χ4n) is 2.03. The summed E-state index contributed by atoms with van der Waals surface area (Å²) in [5, 5.41) is 0. The summed E-state index contributed by atoms with van der Waals surface area (Å²) in [6.07, 6.45) is 0.932. The summed E-state index contributed by atoms with van der Waals surface area (Å²) in [6.45, 7) is 6.22. The van der Waals surface area contributed by atoms with Crippen LogP contribution < -0.4 is 0 Å². The zero-order valence-corrected chi connectivity index (χ0v) is 8.35. The summed E-state index contributed by atoms with van der Waals surface area (Å²) in [7, 11) is 0. The van der Waals surface area contributed by atoms with Crippen LogP contribution in [0.2, 0.25) is 0 Å². The molecule has 0 aliphatic heterocycles. The Balaban J connectivity index is 2.64. The molecule has 0 saturated heterocycles. The number of carbonyl (C=O) groups excluding carboxylic acids is 1. The van der Waals surface area contributed by atoms with Crippen LogP contribution in [0.5, 0.6) is 0 Å². The molecule has 1 aromatic rings. The predicted molar refractivity (Wildman–Crippen MR) is 53.1 cm³/mol. The number of rotatable bonds is 0. The number of hydrogen-bond donors (Lipinski definition) is 0. The Morgan fingerprint density at radius 1 is 1.31 bits per heavy atom. The lowest BCUT2D eigenvalue weighted by molar-refractivity contribution is 0.0946. The molecule has 0 unspecified atom stereocenters. The first-order valence-corrected chi connectivity index (χ1v) is 4.74. The van der Waals surface area contributed by atoms with Gasteiger partial charge in [-0.15, -0.1) is 0 Å². The first-order chi connectivity index (χ1) is 6.11. The molecule has 0 fully saturated rings. The maximum absolute atomic E-state index is 11.7. The normalized spacial score (nSPS) is 20.5. The molecule has 1 nitrogen and oxygen atoms in total. The SMILES string of the molecule is Cc1ccc2c(c1C)C[C@H](C)C2=O. The van der Waals surface area contributed by atoms with Crippen LogP contribution in [0.15, 0.2) is 12.1 Å². The molecular weight excluding hydrogens is 160 g/mol. The lowest BCUT2D eigenvalue weighted by atomic mass is 10.00. The van der Waals surface area contributed by atoms with Crippen LogP contribution in [0.25, 0.3) is 0 Å². The highest BCUT2D eigenvalue weighted by molar-refractivity contribution is 6.02. The van der Waals surface area contributed by atoms with Gasteiger partial charge in [0.2, 0.25) is 0 Å². The summed E-state index contributed by atoms with van der Waals surface area (Å²) in [4.78, 5) is 11.7. The quantitative estimate of drug-likeness (QED) is 0.591. The Hall–Kier alpha value is -1.11. The van der Waals surface area contributed by atoms with Crippen molar-refractivity contribution in [3.05, 3.63) is 34.4 Å². The van der Waals surface area contributed by atoms with E-state index < -0.39 is 0 Å². The third-order valence-corrected chi connectivity index (χ3v) is 3.09. The molecule has 1 aliphatic rings. The van der Waals surface area contributed by atoms with Gasteiger partial charge in [0, 0.05) is 11.5 Å². The van der Waals surface area contributed by atoms with Gasteiger partial charge < -0.3 is 0 Å². The molecule has 0 bridgehead atoms. The van der Waals surface area contributed by atoms with Gasteiger partial charge in [-0.3, -0.25) is 4.79 Å². The van der Waals surface area contributed by atoms with E-state index in [0.717, 1.165) is 12.0 Å². The van der Waals surface area contributed by atoms with E-state index in [2.05, 4.69) is 13.8 Å². The van der Waals surface area contributed by atoms with Gasteiger partial charge in [0.1, 0.15) is 0 Å². The van der Waals surface area contributed by atoms with E-state index in [1.807, 2.05) is 19.1 Å². The average Bonchev–Trinajstić information content (AvgIpc) is 2.38. The molecule has 0 radical (unpaired) electrons. The first-order valence-electron chi connectivity index (χ1n) is 4.74. The molecule has 1 aliphatic carbocycles. The zero-order valence-electron chi connectivity index (χ0n) is 8.35. The topological polar surface area (TPSA) is 17.1 Å². The Labute approximate surface area is 78.8 Å². The van der Waals surface area contributed by atoms with E-state index in [-0.39, 0.29) is 5.92 Å². The minimum Gasteiger partial charge on any atom is -0.294 e. The van der Waals surface area contributed by atoms with E-state index in [0.29, 0.717) is 5.78 Å². The van der Waals surface area contributed by atoms with Gasteiger partial charge in [-0.2, -0.15) is 0 Å². The number of carbonyl (C=O) groups is 1. The Bertz CT molecular complexity index is 377. The van der Waals surface area contributed by atoms with Crippen LogP contribution in [0.3, 0.4) is 0 Å². The van der Waals surface area contributed by atoms with Crippen molar-refractivity contribution in [2.24, 2.45) is 5.92 Å². The number of ketones is 1. The molecule has 1 heteroatoms. The van der Waals surface area contributed by atoms with E-state index >= 15 is 0 Å². The standard InChI is InChI=1S/C12H14O/c1-7-4-5-10-11(9(7)3)6-8(2)12(10)13/h4-5,8H,6H2,1-3H3/t8-/m0/s1. The van der Waals surface area contributed by atoms with Crippen LogP contribution in [-0.2, 0) is 6.42 Å².